The highest BCUT2D eigenvalue weighted by Crippen LogP contribution is 2.48. The monoisotopic (exact) mass is 236 g/mol. The number of nitrogen functional groups attached to an aromatic ring is 1. The zero-order valence-electron chi connectivity index (χ0n) is 10.5. The lowest BCUT2D eigenvalue weighted by Crippen LogP contribution is -2.18. The maximum Gasteiger partial charge on any atom is 0.131 e. The zero-order valence-corrected chi connectivity index (χ0v) is 10.5. The number of nitrogens with zero attached hydrogens (tertiary/aromatic N) is 2. The Morgan fingerprint density at radius 1 is 1.47 bits per heavy atom. The summed E-state index contributed by atoms with van der Waals surface area (Å²) in [5.41, 5.74) is 6.09. The third kappa shape index (κ3) is 3.30. The van der Waals surface area contributed by atoms with Crippen molar-refractivity contribution in [3.05, 3.63) is 11.9 Å². The lowest BCUT2D eigenvalue weighted by atomic mass is 10.0. The minimum atomic E-state index is 0.406. The Morgan fingerprint density at radius 3 is 2.82 bits per heavy atom. The molecular weight excluding hydrogens is 216 g/mol. The molecule has 0 radical (unpaired) electrons. The summed E-state index contributed by atoms with van der Waals surface area (Å²) in [6.07, 6.45) is 3.64. The van der Waals surface area contributed by atoms with E-state index >= 15 is 0 Å². The van der Waals surface area contributed by atoms with Gasteiger partial charge >= 0.3 is 0 Å². The first-order valence-corrected chi connectivity index (χ1v) is 5.98. The van der Waals surface area contributed by atoms with Crippen LogP contribution in [0.3, 0.4) is 0 Å². The van der Waals surface area contributed by atoms with Crippen LogP contribution in [-0.2, 0) is 4.74 Å². The van der Waals surface area contributed by atoms with Gasteiger partial charge in [-0.25, -0.2) is 9.97 Å². The molecule has 1 fully saturated rings. The molecule has 1 heterocycles. The van der Waals surface area contributed by atoms with Crippen LogP contribution < -0.4 is 11.1 Å². The van der Waals surface area contributed by atoms with Crippen LogP contribution in [0.2, 0.25) is 0 Å². The Bertz CT molecular complexity index is 370. The number of ether oxygens (including phenoxy) is 1. The van der Waals surface area contributed by atoms with Crippen LogP contribution in [0.4, 0.5) is 11.6 Å². The van der Waals surface area contributed by atoms with E-state index in [1.54, 1.807) is 13.2 Å². The molecule has 0 unspecified atom stereocenters. The van der Waals surface area contributed by atoms with Gasteiger partial charge in [-0.15, -0.1) is 0 Å². The molecule has 1 aliphatic rings. The molecular formula is C12H20N4O. The highest BCUT2D eigenvalue weighted by Gasteiger charge is 2.41. The number of methoxy groups -OCH3 is 1. The van der Waals surface area contributed by atoms with Gasteiger partial charge in [0.2, 0.25) is 0 Å². The van der Waals surface area contributed by atoms with Crippen molar-refractivity contribution in [3.8, 4) is 0 Å². The predicted molar refractivity (Wildman–Crippen MR) is 67.8 cm³/mol. The highest BCUT2D eigenvalue weighted by molar-refractivity contribution is 5.44. The van der Waals surface area contributed by atoms with E-state index in [4.69, 9.17) is 10.5 Å². The smallest absolute Gasteiger partial charge is 0.131 e. The van der Waals surface area contributed by atoms with Crippen molar-refractivity contribution < 1.29 is 4.74 Å². The van der Waals surface area contributed by atoms with Gasteiger partial charge in [0.1, 0.15) is 17.5 Å². The summed E-state index contributed by atoms with van der Waals surface area (Å²) in [4.78, 5) is 8.36. The summed E-state index contributed by atoms with van der Waals surface area (Å²) < 4.78 is 5.13. The first kappa shape index (κ1) is 12.1. The maximum absolute atomic E-state index is 5.68. The van der Waals surface area contributed by atoms with Gasteiger partial charge in [0.25, 0.3) is 0 Å². The van der Waals surface area contributed by atoms with E-state index < -0.39 is 0 Å². The summed E-state index contributed by atoms with van der Waals surface area (Å²) in [6, 6.07) is 1.78. The topological polar surface area (TPSA) is 73.1 Å². The van der Waals surface area contributed by atoms with Crippen molar-refractivity contribution in [1.82, 2.24) is 9.97 Å². The van der Waals surface area contributed by atoms with Gasteiger partial charge in [0, 0.05) is 26.3 Å². The fraction of sp³-hybridized carbons (Fsp3) is 0.667. The number of aryl methyl sites for hydroxylation is 1. The van der Waals surface area contributed by atoms with Gasteiger partial charge in [0.15, 0.2) is 0 Å². The molecule has 5 heteroatoms. The fourth-order valence-electron chi connectivity index (χ4n) is 1.97. The Balaban J connectivity index is 1.89. The molecule has 17 heavy (non-hydrogen) atoms. The maximum atomic E-state index is 5.68. The van der Waals surface area contributed by atoms with E-state index in [1.807, 2.05) is 6.92 Å². The molecule has 0 saturated heterocycles. The molecule has 1 aromatic heterocycles. The van der Waals surface area contributed by atoms with Gasteiger partial charge in [-0.05, 0) is 31.6 Å². The molecule has 94 valence electrons. The van der Waals surface area contributed by atoms with Crippen molar-refractivity contribution in [2.24, 2.45) is 5.41 Å². The molecule has 1 aromatic rings. The Hall–Kier alpha value is -1.36. The van der Waals surface area contributed by atoms with E-state index in [-0.39, 0.29) is 0 Å². The van der Waals surface area contributed by atoms with Gasteiger partial charge in [-0.3, -0.25) is 0 Å². The van der Waals surface area contributed by atoms with Crippen molar-refractivity contribution in [1.29, 1.82) is 0 Å². The standard InChI is InChI=1S/C12H20N4O/c1-9-15-10(13)7-11(16-9)14-8-12(3-4-12)5-6-17-2/h7H,3-6,8H2,1-2H3,(H3,13,14,15,16). The number of hydrogen-bond donors (Lipinski definition) is 2. The lowest BCUT2D eigenvalue weighted by Gasteiger charge is -2.16. The van der Waals surface area contributed by atoms with Crippen LogP contribution in [0.5, 0.6) is 0 Å². The van der Waals surface area contributed by atoms with E-state index in [9.17, 15) is 0 Å². The van der Waals surface area contributed by atoms with Crippen molar-refractivity contribution in [2.75, 3.05) is 31.3 Å². The third-order valence-corrected chi connectivity index (χ3v) is 3.30. The van der Waals surface area contributed by atoms with Gasteiger partial charge < -0.3 is 15.8 Å². The van der Waals surface area contributed by atoms with Crippen molar-refractivity contribution in [2.45, 2.75) is 26.2 Å². The minimum Gasteiger partial charge on any atom is -0.385 e. The normalized spacial score (nSPS) is 16.8. The Morgan fingerprint density at radius 2 is 2.24 bits per heavy atom. The van der Waals surface area contributed by atoms with Crippen LogP contribution in [0.1, 0.15) is 25.1 Å². The molecule has 0 aromatic carbocycles. The second-order valence-electron chi connectivity index (χ2n) is 4.82. The predicted octanol–water partition coefficient (Wildman–Crippen LogP) is 1.60. The summed E-state index contributed by atoms with van der Waals surface area (Å²) in [6.45, 7) is 3.61. The Labute approximate surface area is 102 Å². The van der Waals surface area contributed by atoms with Crippen LogP contribution in [0, 0.1) is 12.3 Å². The second kappa shape index (κ2) is 4.87. The summed E-state index contributed by atoms with van der Waals surface area (Å²) >= 11 is 0. The summed E-state index contributed by atoms with van der Waals surface area (Å²) in [5, 5.41) is 3.35. The average Bonchev–Trinajstić information content (AvgIpc) is 3.03. The van der Waals surface area contributed by atoms with E-state index in [1.165, 1.54) is 12.8 Å². The van der Waals surface area contributed by atoms with Crippen molar-refractivity contribution >= 4 is 11.6 Å². The number of anilines is 2. The molecule has 0 amide bonds. The summed E-state index contributed by atoms with van der Waals surface area (Å²) in [5.74, 6) is 2.04. The molecule has 0 spiro atoms. The minimum absolute atomic E-state index is 0.406. The third-order valence-electron chi connectivity index (χ3n) is 3.30. The first-order chi connectivity index (χ1) is 8.13. The number of hydrogen-bond acceptors (Lipinski definition) is 5. The zero-order chi connectivity index (χ0) is 12.3. The van der Waals surface area contributed by atoms with Crippen LogP contribution in [0.25, 0.3) is 0 Å². The average molecular weight is 236 g/mol. The second-order valence-corrected chi connectivity index (χ2v) is 4.82. The largest absolute Gasteiger partial charge is 0.385 e. The molecule has 1 saturated carbocycles. The Kier molecular flexibility index (Phi) is 3.47. The molecule has 1 aliphatic carbocycles. The van der Waals surface area contributed by atoms with E-state index in [2.05, 4.69) is 15.3 Å². The number of aromatic nitrogens is 2. The van der Waals surface area contributed by atoms with E-state index in [0.717, 1.165) is 25.4 Å². The molecule has 0 aliphatic heterocycles. The summed E-state index contributed by atoms with van der Waals surface area (Å²) in [7, 11) is 1.75. The number of nitrogens with one attached hydrogen (secondary N) is 1. The van der Waals surface area contributed by atoms with Gasteiger partial charge in [-0.2, -0.15) is 0 Å². The number of nitrogens with two attached hydrogens (primary N) is 1. The SMILES string of the molecule is COCCC1(CNc2cc(N)nc(C)n2)CC1. The first-order valence-electron chi connectivity index (χ1n) is 5.98. The van der Waals surface area contributed by atoms with Gasteiger partial charge in [-0.1, -0.05) is 0 Å². The number of rotatable bonds is 6. The van der Waals surface area contributed by atoms with E-state index in [0.29, 0.717) is 17.1 Å². The van der Waals surface area contributed by atoms with Crippen LogP contribution in [0.15, 0.2) is 6.07 Å². The van der Waals surface area contributed by atoms with Crippen LogP contribution in [-0.4, -0.2) is 30.2 Å². The van der Waals surface area contributed by atoms with Gasteiger partial charge in [0.05, 0.1) is 0 Å². The lowest BCUT2D eigenvalue weighted by molar-refractivity contribution is 0.175. The van der Waals surface area contributed by atoms with Crippen molar-refractivity contribution in [3.63, 3.8) is 0 Å². The molecule has 2 rings (SSSR count). The molecule has 3 N–H and O–H groups in total. The fourth-order valence-corrected chi connectivity index (χ4v) is 1.97. The molecule has 0 atom stereocenters. The highest BCUT2D eigenvalue weighted by atomic mass is 16.5. The quantitative estimate of drug-likeness (QED) is 0.784. The molecule has 0 bridgehead atoms. The molecule has 5 nitrogen and oxygen atoms in total. The van der Waals surface area contributed by atoms with Crippen LogP contribution >= 0.6 is 0 Å².